The summed E-state index contributed by atoms with van der Waals surface area (Å²) in [5.41, 5.74) is -1.69. The van der Waals surface area contributed by atoms with Gasteiger partial charge in [-0.2, -0.15) is 13.2 Å². The third-order valence-corrected chi connectivity index (χ3v) is 5.76. The van der Waals surface area contributed by atoms with E-state index in [1.54, 1.807) is 0 Å². The van der Waals surface area contributed by atoms with Crippen molar-refractivity contribution in [3.8, 4) is 0 Å². The van der Waals surface area contributed by atoms with Crippen molar-refractivity contribution in [1.29, 1.82) is 0 Å². The number of hydrogen-bond donors (Lipinski definition) is 1. The molecule has 0 bridgehead atoms. The molecule has 12 heteroatoms. The van der Waals surface area contributed by atoms with Crippen LogP contribution in [0.2, 0.25) is 5.02 Å². The van der Waals surface area contributed by atoms with E-state index >= 15 is 0 Å². The largest absolute Gasteiger partial charge is 0.463 e. The lowest BCUT2D eigenvalue weighted by atomic mass is 10.2. The topological polar surface area (TPSA) is 98.8 Å². The summed E-state index contributed by atoms with van der Waals surface area (Å²) in [7, 11) is -4.36. The number of hydrogen-bond acceptors (Lipinski definition) is 6. The highest BCUT2D eigenvalue weighted by Crippen LogP contribution is 2.31. The van der Waals surface area contributed by atoms with E-state index in [4.69, 9.17) is 16.3 Å². The molecular formula is C18H13ClF3NO6S. The molecule has 0 saturated carbocycles. The number of halogens is 4. The SMILES string of the molecule is O=C(O[C@@H]1CCOC1=O)c1cc(S(=O)(=O)Nc2cccc(C(F)(F)F)c2)ccc1Cl. The summed E-state index contributed by atoms with van der Waals surface area (Å²) in [6, 6.07) is 6.71. The van der Waals surface area contributed by atoms with E-state index in [1.807, 2.05) is 4.72 Å². The molecule has 1 heterocycles. The normalized spacial score (nSPS) is 16.8. The van der Waals surface area contributed by atoms with Crippen molar-refractivity contribution in [1.82, 2.24) is 0 Å². The summed E-state index contributed by atoms with van der Waals surface area (Å²) in [6.07, 6.45) is -5.63. The van der Waals surface area contributed by atoms with E-state index in [-0.39, 0.29) is 29.3 Å². The number of anilines is 1. The van der Waals surface area contributed by atoms with Gasteiger partial charge >= 0.3 is 18.1 Å². The Balaban J connectivity index is 1.85. The first-order valence-electron chi connectivity index (χ1n) is 8.34. The maximum Gasteiger partial charge on any atom is 0.416 e. The Morgan fingerprint density at radius 3 is 2.57 bits per heavy atom. The lowest BCUT2D eigenvalue weighted by Gasteiger charge is -2.13. The fourth-order valence-corrected chi connectivity index (χ4v) is 3.85. The van der Waals surface area contributed by atoms with Crippen LogP contribution in [0.25, 0.3) is 0 Å². The first-order valence-corrected chi connectivity index (χ1v) is 10.2. The highest BCUT2D eigenvalue weighted by Gasteiger charge is 2.32. The second kappa shape index (κ2) is 8.15. The van der Waals surface area contributed by atoms with Crippen LogP contribution in [0, 0.1) is 0 Å². The smallest absolute Gasteiger partial charge is 0.416 e. The van der Waals surface area contributed by atoms with Gasteiger partial charge in [0.2, 0.25) is 6.10 Å². The second-order valence-corrected chi connectivity index (χ2v) is 8.27. The van der Waals surface area contributed by atoms with Gasteiger partial charge in [0.1, 0.15) is 0 Å². The van der Waals surface area contributed by atoms with E-state index in [2.05, 4.69) is 4.74 Å². The molecular weight excluding hydrogens is 451 g/mol. The Hall–Kier alpha value is -2.79. The van der Waals surface area contributed by atoms with Gasteiger partial charge in [-0.3, -0.25) is 4.72 Å². The average molecular weight is 464 g/mol. The number of alkyl halides is 3. The maximum absolute atomic E-state index is 12.8. The number of rotatable bonds is 5. The predicted octanol–water partition coefficient (Wildman–Crippen LogP) is 3.63. The third-order valence-electron chi connectivity index (χ3n) is 4.05. The van der Waals surface area contributed by atoms with Crippen LogP contribution in [0.15, 0.2) is 47.4 Å². The minimum atomic E-state index is -4.65. The van der Waals surface area contributed by atoms with E-state index in [0.717, 1.165) is 36.4 Å². The molecule has 2 aromatic rings. The van der Waals surface area contributed by atoms with Gasteiger partial charge in [-0.15, -0.1) is 0 Å². The number of benzene rings is 2. The summed E-state index contributed by atoms with van der Waals surface area (Å²) in [5.74, 6) is -1.77. The summed E-state index contributed by atoms with van der Waals surface area (Å²) in [4.78, 5) is 23.3. The van der Waals surface area contributed by atoms with Crippen LogP contribution in [0.1, 0.15) is 22.3 Å². The molecule has 0 spiro atoms. The molecule has 0 radical (unpaired) electrons. The van der Waals surface area contributed by atoms with Crippen LogP contribution in [-0.2, 0) is 30.5 Å². The second-order valence-electron chi connectivity index (χ2n) is 6.18. The van der Waals surface area contributed by atoms with Crippen LogP contribution in [0.4, 0.5) is 18.9 Å². The van der Waals surface area contributed by atoms with Gasteiger partial charge in [0.05, 0.1) is 27.7 Å². The molecule has 0 aliphatic carbocycles. The first kappa shape index (κ1) is 21.9. The molecule has 7 nitrogen and oxygen atoms in total. The van der Waals surface area contributed by atoms with Crippen LogP contribution < -0.4 is 4.72 Å². The van der Waals surface area contributed by atoms with Gasteiger partial charge in [-0.25, -0.2) is 18.0 Å². The molecule has 160 valence electrons. The van der Waals surface area contributed by atoms with Crippen LogP contribution in [0.5, 0.6) is 0 Å². The van der Waals surface area contributed by atoms with Gasteiger partial charge in [0.15, 0.2) is 0 Å². The Bertz CT molecular complexity index is 1100. The number of ether oxygens (including phenoxy) is 2. The number of nitrogens with one attached hydrogen (secondary N) is 1. The van der Waals surface area contributed by atoms with E-state index in [0.29, 0.717) is 6.07 Å². The molecule has 1 aliphatic rings. The van der Waals surface area contributed by atoms with Crippen molar-refractivity contribution in [2.75, 3.05) is 11.3 Å². The summed E-state index contributed by atoms with van der Waals surface area (Å²) < 4.78 is 75.3. The number of cyclic esters (lactones) is 1. The number of carbonyl (C=O) groups excluding carboxylic acids is 2. The van der Waals surface area contributed by atoms with Gasteiger partial charge < -0.3 is 9.47 Å². The van der Waals surface area contributed by atoms with E-state index in [1.165, 1.54) is 0 Å². The molecule has 0 amide bonds. The van der Waals surface area contributed by atoms with Crippen molar-refractivity contribution < 1.29 is 40.7 Å². The summed E-state index contributed by atoms with van der Waals surface area (Å²) >= 11 is 5.94. The molecule has 1 fully saturated rings. The number of sulfonamides is 1. The Morgan fingerprint density at radius 1 is 1.20 bits per heavy atom. The molecule has 3 rings (SSSR count). The highest BCUT2D eigenvalue weighted by molar-refractivity contribution is 7.92. The van der Waals surface area contributed by atoms with E-state index < -0.39 is 44.7 Å². The van der Waals surface area contributed by atoms with Gasteiger partial charge in [-0.1, -0.05) is 17.7 Å². The van der Waals surface area contributed by atoms with Crippen molar-refractivity contribution in [2.45, 2.75) is 23.6 Å². The highest BCUT2D eigenvalue weighted by atomic mass is 35.5. The zero-order valence-electron chi connectivity index (χ0n) is 14.9. The fraction of sp³-hybridized carbons (Fsp3) is 0.222. The Morgan fingerprint density at radius 2 is 1.93 bits per heavy atom. The fourth-order valence-electron chi connectivity index (χ4n) is 2.58. The number of esters is 2. The van der Waals surface area contributed by atoms with Crippen molar-refractivity contribution in [3.05, 3.63) is 58.6 Å². The molecule has 1 atom stereocenters. The molecule has 1 saturated heterocycles. The van der Waals surface area contributed by atoms with Crippen LogP contribution >= 0.6 is 11.6 Å². The van der Waals surface area contributed by atoms with Crippen molar-refractivity contribution >= 4 is 39.3 Å². The zero-order chi connectivity index (χ0) is 22.1. The van der Waals surface area contributed by atoms with Crippen LogP contribution in [0.3, 0.4) is 0 Å². The van der Waals surface area contributed by atoms with Gasteiger partial charge in [0, 0.05) is 12.1 Å². The minimum Gasteiger partial charge on any atom is -0.463 e. The third kappa shape index (κ3) is 4.85. The molecule has 0 aromatic heterocycles. The number of carbonyl (C=O) groups is 2. The molecule has 1 aliphatic heterocycles. The minimum absolute atomic E-state index is 0.0832. The van der Waals surface area contributed by atoms with Crippen molar-refractivity contribution in [3.63, 3.8) is 0 Å². The molecule has 30 heavy (non-hydrogen) atoms. The molecule has 1 N–H and O–H groups in total. The Kier molecular flexibility index (Phi) is 5.95. The predicted molar refractivity (Wildman–Crippen MR) is 98.5 cm³/mol. The lowest BCUT2D eigenvalue weighted by molar-refractivity contribution is -0.145. The Labute approximate surface area is 173 Å². The van der Waals surface area contributed by atoms with Crippen LogP contribution in [-0.4, -0.2) is 33.1 Å². The van der Waals surface area contributed by atoms with Gasteiger partial charge in [0.25, 0.3) is 10.0 Å². The molecule has 2 aromatic carbocycles. The first-order chi connectivity index (χ1) is 14.0. The van der Waals surface area contributed by atoms with Crippen molar-refractivity contribution in [2.24, 2.45) is 0 Å². The standard InChI is InChI=1S/C18H13ClF3NO6S/c19-14-5-4-12(9-13(14)16(24)29-15-6-7-28-17(15)25)30(26,27)23-11-3-1-2-10(8-11)18(20,21)22/h1-5,8-9,15,23H,6-7H2/t15-/m1/s1. The zero-order valence-corrected chi connectivity index (χ0v) is 16.5. The monoisotopic (exact) mass is 463 g/mol. The summed E-state index contributed by atoms with van der Waals surface area (Å²) in [5, 5.41) is -0.135. The molecule has 0 unspecified atom stereocenters. The lowest BCUT2D eigenvalue weighted by Crippen LogP contribution is -2.23. The summed E-state index contributed by atoms with van der Waals surface area (Å²) in [6.45, 7) is 0.0832. The van der Waals surface area contributed by atoms with E-state index in [9.17, 15) is 31.2 Å². The average Bonchev–Trinajstić information content (AvgIpc) is 3.05. The maximum atomic E-state index is 12.8. The van der Waals surface area contributed by atoms with Gasteiger partial charge in [-0.05, 0) is 36.4 Å². The quantitative estimate of drug-likeness (QED) is 0.680.